The molecule has 0 heterocycles. The van der Waals surface area contributed by atoms with E-state index in [2.05, 4.69) is 0 Å². The van der Waals surface area contributed by atoms with Crippen LogP contribution in [0.15, 0.2) is 42.5 Å². The molecule has 0 aromatic heterocycles. The summed E-state index contributed by atoms with van der Waals surface area (Å²) in [6.07, 6.45) is 0. The molecule has 0 fully saturated rings. The van der Waals surface area contributed by atoms with E-state index < -0.39 is 23.4 Å². The Kier molecular flexibility index (Phi) is 3.89. The Balaban J connectivity index is 2.29. The topological polar surface area (TPSA) is 43.4 Å². The largest absolute Gasteiger partial charge is 0.427 e. The van der Waals surface area contributed by atoms with Gasteiger partial charge in [0.25, 0.3) is 0 Å². The fraction of sp³-hybridized carbons (Fsp3) is 0.0667. The maximum absolute atomic E-state index is 13.5. The van der Waals surface area contributed by atoms with Crippen LogP contribution in [0.25, 0.3) is 0 Å². The molecule has 5 heteroatoms. The van der Waals surface area contributed by atoms with E-state index in [4.69, 9.17) is 4.74 Å². The van der Waals surface area contributed by atoms with Gasteiger partial charge in [0.15, 0.2) is 5.78 Å². The molecular weight excluding hydrogens is 266 g/mol. The van der Waals surface area contributed by atoms with E-state index in [9.17, 15) is 18.4 Å². The minimum absolute atomic E-state index is 0.172. The summed E-state index contributed by atoms with van der Waals surface area (Å²) in [5.41, 5.74) is -0.171. The van der Waals surface area contributed by atoms with E-state index in [0.29, 0.717) is 0 Å². The van der Waals surface area contributed by atoms with Crippen LogP contribution in [0.1, 0.15) is 22.8 Å². The zero-order valence-electron chi connectivity index (χ0n) is 10.5. The van der Waals surface area contributed by atoms with Crippen molar-refractivity contribution in [1.82, 2.24) is 0 Å². The monoisotopic (exact) mass is 276 g/mol. The van der Waals surface area contributed by atoms with Crippen molar-refractivity contribution in [1.29, 1.82) is 0 Å². The zero-order valence-corrected chi connectivity index (χ0v) is 10.5. The standard InChI is InChI=1S/C15H10F2O3/c1-9(18)20-12-5-2-10(3-6-12)15(19)13-8-11(16)4-7-14(13)17/h2-8H,1H3. The van der Waals surface area contributed by atoms with E-state index >= 15 is 0 Å². The first-order valence-corrected chi connectivity index (χ1v) is 5.75. The first kappa shape index (κ1) is 13.9. The number of carbonyl (C=O) groups excluding carboxylic acids is 2. The molecule has 0 unspecified atom stereocenters. The highest BCUT2D eigenvalue weighted by Crippen LogP contribution is 2.18. The number of ketones is 1. The minimum Gasteiger partial charge on any atom is -0.427 e. The Hall–Kier alpha value is -2.56. The second-order valence-corrected chi connectivity index (χ2v) is 4.07. The fourth-order valence-electron chi connectivity index (χ4n) is 1.67. The average molecular weight is 276 g/mol. The molecule has 0 saturated carbocycles. The Labute approximate surface area is 113 Å². The molecule has 0 N–H and O–H groups in total. The van der Waals surface area contributed by atoms with Gasteiger partial charge in [-0.05, 0) is 42.5 Å². The second-order valence-electron chi connectivity index (χ2n) is 4.07. The van der Waals surface area contributed by atoms with Crippen LogP contribution in [-0.4, -0.2) is 11.8 Å². The van der Waals surface area contributed by atoms with Gasteiger partial charge in [-0.2, -0.15) is 0 Å². The minimum atomic E-state index is -0.791. The number of ether oxygens (including phenoxy) is 1. The van der Waals surface area contributed by atoms with Gasteiger partial charge >= 0.3 is 5.97 Å². The number of esters is 1. The maximum atomic E-state index is 13.5. The lowest BCUT2D eigenvalue weighted by molar-refractivity contribution is -0.131. The van der Waals surface area contributed by atoms with Gasteiger partial charge in [-0.3, -0.25) is 9.59 Å². The molecule has 0 radical (unpaired) electrons. The number of hydrogen-bond acceptors (Lipinski definition) is 3. The molecule has 0 amide bonds. The summed E-state index contributed by atoms with van der Waals surface area (Å²) in [5, 5.41) is 0. The third kappa shape index (κ3) is 3.06. The van der Waals surface area contributed by atoms with Crippen molar-refractivity contribution < 1.29 is 23.1 Å². The highest BCUT2D eigenvalue weighted by Gasteiger charge is 2.15. The summed E-state index contributed by atoms with van der Waals surface area (Å²) >= 11 is 0. The van der Waals surface area contributed by atoms with Crippen molar-refractivity contribution in [2.45, 2.75) is 6.92 Å². The average Bonchev–Trinajstić information content (AvgIpc) is 2.41. The lowest BCUT2D eigenvalue weighted by atomic mass is 10.0. The van der Waals surface area contributed by atoms with Gasteiger partial charge in [-0.25, -0.2) is 8.78 Å². The molecule has 2 aromatic carbocycles. The quantitative estimate of drug-likeness (QED) is 0.491. The van der Waals surface area contributed by atoms with Gasteiger partial charge in [0.05, 0.1) is 5.56 Å². The lowest BCUT2D eigenvalue weighted by Crippen LogP contribution is -2.06. The maximum Gasteiger partial charge on any atom is 0.308 e. The highest BCUT2D eigenvalue weighted by molar-refractivity contribution is 6.09. The molecule has 0 aliphatic heterocycles. The van der Waals surface area contributed by atoms with Gasteiger partial charge in [0.1, 0.15) is 17.4 Å². The van der Waals surface area contributed by atoms with E-state index in [1.165, 1.54) is 31.2 Å². The van der Waals surface area contributed by atoms with Crippen molar-refractivity contribution in [3.63, 3.8) is 0 Å². The molecule has 2 aromatic rings. The Bertz CT molecular complexity index is 663. The number of hydrogen-bond donors (Lipinski definition) is 0. The van der Waals surface area contributed by atoms with E-state index in [1.807, 2.05) is 0 Å². The third-order valence-electron chi connectivity index (χ3n) is 2.55. The Morgan fingerprint density at radius 3 is 2.25 bits per heavy atom. The van der Waals surface area contributed by atoms with Crippen molar-refractivity contribution in [2.24, 2.45) is 0 Å². The highest BCUT2D eigenvalue weighted by atomic mass is 19.1. The fourth-order valence-corrected chi connectivity index (χ4v) is 1.67. The van der Waals surface area contributed by atoms with Gasteiger partial charge in [0, 0.05) is 12.5 Å². The van der Waals surface area contributed by atoms with Crippen molar-refractivity contribution >= 4 is 11.8 Å². The summed E-state index contributed by atoms with van der Waals surface area (Å²) in [5.74, 6) is -2.34. The van der Waals surface area contributed by atoms with Crippen LogP contribution >= 0.6 is 0 Å². The normalized spacial score (nSPS) is 10.2. The first-order valence-electron chi connectivity index (χ1n) is 5.75. The van der Waals surface area contributed by atoms with E-state index in [-0.39, 0.29) is 16.9 Å². The summed E-state index contributed by atoms with van der Waals surface area (Å²) in [6.45, 7) is 1.25. The zero-order chi connectivity index (χ0) is 14.7. The molecule has 0 saturated heterocycles. The predicted octanol–water partition coefficient (Wildman–Crippen LogP) is 3.12. The molecular formula is C15H10F2O3. The number of benzene rings is 2. The lowest BCUT2D eigenvalue weighted by Gasteiger charge is -2.05. The van der Waals surface area contributed by atoms with Gasteiger partial charge in [0.2, 0.25) is 0 Å². The number of halogens is 2. The molecule has 3 nitrogen and oxygen atoms in total. The van der Waals surface area contributed by atoms with Crippen molar-refractivity contribution in [3.8, 4) is 5.75 Å². The van der Waals surface area contributed by atoms with Crippen LogP contribution in [0.5, 0.6) is 5.75 Å². The van der Waals surface area contributed by atoms with Crippen LogP contribution in [0, 0.1) is 11.6 Å². The van der Waals surface area contributed by atoms with Gasteiger partial charge in [-0.1, -0.05) is 0 Å². The van der Waals surface area contributed by atoms with Crippen LogP contribution in [0.4, 0.5) is 8.78 Å². The number of carbonyl (C=O) groups is 2. The van der Waals surface area contributed by atoms with E-state index in [0.717, 1.165) is 18.2 Å². The van der Waals surface area contributed by atoms with Crippen LogP contribution in [0.3, 0.4) is 0 Å². The van der Waals surface area contributed by atoms with Crippen LogP contribution < -0.4 is 4.74 Å². The SMILES string of the molecule is CC(=O)Oc1ccc(C(=O)c2cc(F)ccc2F)cc1. The molecule has 0 aliphatic rings. The molecule has 20 heavy (non-hydrogen) atoms. The summed E-state index contributed by atoms with van der Waals surface area (Å²) < 4.78 is 31.4. The second kappa shape index (κ2) is 5.61. The molecule has 102 valence electrons. The summed E-state index contributed by atoms with van der Waals surface area (Å²) in [7, 11) is 0. The summed E-state index contributed by atoms with van der Waals surface area (Å²) in [4.78, 5) is 22.8. The first-order chi connectivity index (χ1) is 9.47. The van der Waals surface area contributed by atoms with Crippen molar-refractivity contribution in [2.75, 3.05) is 0 Å². The molecule has 0 atom stereocenters. The van der Waals surface area contributed by atoms with Gasteiger partial charge < -0.3 is 4.74 Å². The number of rotatable bonds is 3. The smallest absolute Gasteiger partial charge is 0.308 e. The predicted molar refractivity (Wildman–Crippen MR) is 67.5 cm³/mol. The molecule has 0 bridgehead atoms. The molecule has 0 aliphatic carbocycles. The van der Waals surface area contributed by atoms with Crippen LogP contribution in [-0.2, 0) is 4.79 Å². The summed E-state index contributed by atoms with van der Waals surface area (Å²) in [6, 6.07) is 8.26. The van der Waals surface area contributed by atoms with E-state index in [1.54, 1.807) is 0 Å². The molecule has 0 spiro atoms. The van der Waals surface area contributed by atoms with Gasteiger partial charge in [-0.15, -0.1) is 0 Å². The van der Waals surface area contributed by atoms with Crippen molar-refractivity contribution in [3.05, 3.63) is 65.2 Å². The Morgan fingerprint density at radius 1 is 1.00 bits per heavy atom. The Morgan fingerprint density at radius 2 is 1.65 bits per heavy atom. The third-order valence-corrected chi connectivity index (χ3v) is 2.55. The van der Waals surface area contributed by atoms with Crippen LogP contribution in [0.2, 0.25) is 0 Å². The molecule has 2 rings (SSSR count).